The van der Waals surface area contributed by atoms with Crippen LogP contribution >= 0.6 is 23.2 Å². The van der Waals surface area contributed by atoms with Gasteiger partial charge < -0.3 is 14.6 Å². The Hall–Kier alpha value is -2.86. The number of aryl methyl sites for hydroxylation is 1. The van der Waals surface area contributed by atoms with Crippen LogP contribution in [0.2, 0.25) is 10.0 Å². The van der Waals surface area contributed by atoms with Crippen LogP contribution in [0.3, 0.4) is 0 Å². The lowest BCUT2D eigenvalue weighted by Gasteiger charge is -2.10. The van der Waals surface area contributed by atoms with E-state index in [-0.39, 0.29) is 34.4 Å². The van der Waals surface area contributed by atoms with E-state index >= 15 is 0 Å². The molecule has 2 aromatic rings. The molecule has 0 saturated carbocycles. The molecule has 1 aromatic heterocycles. The monoisotopic (exact) mass is 422 g/mol. The van der Waals surface area contributed by atoms with Crippen LogP contribution in [0, 0.1) is 18.3 Å². The maximum absolute atomic E-state index is 11.9. The second-order valence-corrected chi connectivity index (χ2v) is 6.40. The van der Waals surface area contributed by atoms with E-state index in [4.69, 9.17) is 32.7 Å². The molecule has 28 heavy (non-hydrogen) atoms. The second-order valence-electron chi connectivity index (χ2n) is 5.56. The van der Waals surface area contributed by atoms with Crippen molar-refractivity contribution in [3.05, 3.63) is 50.6 Å². The number of hydrogen-bond acceptors (Lipinski definition) is 7. The minimum Gasteiger partial charge on any atom is -0.506 e. The number of phenolic OH excluding ortho intramolecular Hbond substituents is 1. The quantitative estimate of drug-likeness (QED) is 0.523. The van der Waals surface area contributed by atoms with E-state index in [2.05, 4.69) is 15.5 Å². The van der Waals surface area contributed by atoms with Crippen molar-refractivity contribution >= 4 is 35.3 Å². The maximum Gasteiger partial charge on any atom is 0.278 e. The summed E-state index contributed by atoms with van der Waals surface area (Å²) in [4.78, 5) is 16.1. The molecule has 8 nitrogen and oxygen atoms in total. The van der Waals surface area contributed by atoms with Crippen molar-refractivity contribution in [1.82, 2.24) is 10.4 Å². The van der Waals surface area contributed by atoms with Crippen LogP contribution in [-0.4, -0.2) is 35.9 Å². The minimum atomic E-state index is -0.593. The molecule has 0 saturated heterocycles. The van der Waals surface area contributed by atoms with Crippen molar-refractivity contribution in [3.8, 4) is 17.7 Å². The highest BCUT2D eigenvalue weighted by Gasteiger charge is 2.14. The van der Waals surface area contributed by atoms with Crippen LogP contribution < -0.4 is 10.2 Å². The first-order valence-corrected chi connectivity index (χ1v) is 8.63. The number of amides is 1. The van der Waals surface area contributed by atoms with Gasteiger partial charge in [0.05, 0.1) is 17.8 Å². The number of methoxy groups -OCH3 is 1. The van der Waals surface area contributed by atoms with Gasteiger partial charge in [-0.25, -0.2) is 10.4 Å². The number of carbonyl (C=O) groups is 1. The third-order valence-electron chi connectivity index (χ3n) is 3.40. The van der Waals surface area contributed by atoms with Gasteiger partial charge in [0, 0.05) is 29.0 Å². The van der Waals surface area contributed by atoms with Gasteiger partial charge in [0.2, 0.25) is 5.88 Å². The molecule has 0 unspecified atom stereocenters. The van der Waals surface area contributed by atoms with E-state index < -0.39 is 12.5 Å². The fraction of sp³-hybridized carbons (Fsp3) is 0.222. The first-order chi connectivity index (χ1) is 13.3. The molecule has 2 rings (SSSR count). The molecule has 0 atom stereocenters. The number of nitriles is 1. The van der Waals surface area contributed by atoms with Crippen LogP contribution in [0.4, 0.5) is 0 Å². The normalized spacial score (nSPS) is 10.7. The summed E-state index contributed by atoms with van der Waals surface area (Å²) in [7, 11) is 1.51. The standard InChI is InChI=1S/C18H16Cl2N4O4/c1-10-3-12(8-27-2)14(6-21)18(23-10)28-9-16(25)24-22-7-11-4-13(19)5-15(20)17(11)26/h3-5,7,26H,8-9H2,1-2H3,(H,24,25)/b22-7+. The number of ether oxygens (including phenoxy) is 2. The molecular formula is C18H16Cl2N4O4. The molecule has 0 aliphatic carbocycles. The van der Waals surface area contributed by atoms with E-state index in [1.165, 1.54) is 25.5 Å². The van der Waals surface area contributed by atoms with Crippen molar-refractivity contribution in [2.45, 2.75) is 13.5 Å². The molecule has 0 fully saturated rings. The van der Waals surface area contributed by atoms with Crippen LogP contribution in [0.5, 0.6) is 11.6 Å². The number of nitrogens with zero attached hydrogens (tertiary/aromatic N) is 3. The summed E-state index contributed by atoms with van der Waals surface area (Å²) >= 11 is 11.7. The Balaban J connectivity index is 2.03. The highest BCUT2D eigenvalue weighted by molar-refractivity contribution is 6.36. The molecular weight excluding hydrogens is 407 g/mol. The highest BCUT2D eigenvalue weighted by atomic mass is 35.5. The van der Waals surface area contributed by atoms with Gasteiger partial charge in [-0.2, -0.15) is 10.4 Å². The lowest BCUT2D eigenvalue weighted by atomic mass is 10.1. The smallest absolute Gasteiger partial charge is 0.278 e. The number of rotatable bonds is 7. The zero-order chi connectivity index (χ0) is 20.7. The fourth-order valence-electron chi connectivity index (χ4n) is 2.23. The predicted octanol–water partition coefficient (Wildman–Crippen LogP) is 2.95. The Morgan fingerprint density at radius 3 is 2.86 bits per heavy atom. The molecule has 0 aliphatic heterocycles. The van der Waals surface area contributed by atoms with Gasteiger partial charge in [0.25, 0.3) is 5.91 Å². The Bertz CT molecular complexity index is 958. The van der Waals surface area contributed by atoms with Gasteiger partial charge in [-0.3, -0.25) is 4.79 Å². The van der Waals surface area contributed by atoms with Gasteiger partial charge in [-0.15, -0.1) is 0 Å². The van der Waals surface area contributed by atoms with Gasteiger partial charge in [-0.05, 0) is 25.1 Å². The summed E-state index contributed by atoms with van der Waals surface area (Å²) in [5, 5.41) is 23.2. The molecule has 10 heteroatoms. The van der Waals surface area contributed by atoms with E-state index in [1.807, 2.05) is 6.07 Å². The van der Waals surface area contributed by atoms with Crippen molar-refractivity contribution in [3.63, 3.8) is 0 Å². The summed E-state index contributed by atoms with van der Waals surface area (Å²) in [5.41, 5.74) is 3.89. The maximum atomic E-state index is 11.9. The number of pyridine rings is 1. The summed E-state index contributed by atoms with van der Waals surface area (Å²) in [5.74, 6) is -0.772. The first-order valence-electron chi connectivity index (χ1n) is 7.88. The van der Waals surface area contributed by atoms with Gasteiger partial charge >= 0.3 is 0 Å². The number of halogens is 2. The molecule has 1 aromatic carbocycles. The topological polar surface area (TPSA) is 117 Å². The minimum absolute atomic E-state index is 0.0351. The molecule has 2 N–H and O–H groups in total. The molecule has 1 amide bonds. The molecule has 0 bridgehead atoms. The van der Waals surface area contributed by atoms with Crippen molar-refractivity contribution < 1.29 is 19.4 Å². The molecule has 0 aliphatic rings. The number of hydrazone groups is 1. The average molecular weight is 423 g/mol. The fourth-order valence-corrected chi connectivity index (χ4v) is 2.74. The third-order valence-corrected chi connectivity index (χ3v) is 3.90. The van der Waals surface area contributed by atoms with Crippen LogP contribution in [0.25, 0.3) is 0 Å². The predicted molar refractivity (Wildman–Crippen MR) is 104 cm³/mol. The largest absolute Gasteiger partial charge is 0.506 e. The molecule has 0 spiro atoms. The first kappa shape index (κ1) is 21.4. The summed E-state index contributed by atoms with van der Waals surface area (Å²) < 4.78 is 10.4. The van der Waals surface area contributed by atoms with Crippen LogP contribution in [-0.2, 0) is 16.1 Å². The van der Waals surface area contributed by atoms with Gasteiger partial charge in [-0.1, -0.05) is 23.2 Å². The Morgan fingerprint density at radius 2 is 2.18 bits per heavy atom. The number of aromatic hydroxyl groups is 1. The number of benzene rings is 1. The molecule has 1 heterocycles. The number of nitrogens with one attached hydrogen (secondary N) is 1. The summed E-state index contributed by atoms with van der Waals surface area (Å²) in [6, 6.07) is 6.52. The molecule has 0 radical (unpaired) electrons. The summed E-state index contributed by atoms with van der Waals surface area (Å²) in [6.07, 6.45) is 1.19. The average Bonchev–Trinajstić information content (AvgIpc) is 2.64. The zero-order valence-electron chi connectivity index (χ0n) is 15.0. The van der Waals surface area contributed by atoms with Gasteiger partial charge in [0.1, 0.15) is 17.4 Å². The number of carbonyl (C=O) groups excluding carboxylic acids is 1. The van der Waals surface area contributed by atoms with E-state index in [9.17, 15) is 15.2 Å². The Labute approximate surface area is 171 Å². The lowest BCUT2D eigenvalue weighted by molar-refractivity contribution is -0.123. The van der Waals surface area contributed by atoms with E-state index in [1.54, 1.807) is 13.0 Å². The van der Waals surface area contributed by atoms with Crippen molar-refractivity contribution in [2.24, 2.45) is 5.10 Å². The van der Waals surface area contributed by atoms with Crippen molar-refractivity contribution in [2.75, 3.05) is 13.7 Å². The number of aromatic nitrogens is 1. The van der Waals surface area contributed by atoms with Gasteiger partial charge in [0.15, 0.2) is 6.61 Å². The number of hydrogen-bond donors (Lipinski definition) is 2. The second kappa shape index (κ2) is 9.90. The molecule has 146 valence electrons. The van der Waals surface area contributed by atoms with E-state index in [0.29, 0.717) is 16.3 Å². The SMILES string of the molecule is COCc1cc(C)nc(OCC(=O)N/N=C/c2cc(Cl)cc(Cl)c2O)c1C#N. The lowest BCUT2D eigenvalue weighted by Crippen LogP contribution is -2.25. The number of phenols is 1. The van der Waals surface area contributed by atoms with Crippen LogP contribution in [0.15, 0.2) is 23.3 Å². The van der Waals surface area contributed by atoms with Crippen molar-refractivity contribution in [1.29, 1.82) is 5.26 Å². The Morgan fingerprint density at radius 1 is 1.43 bits per heavy atom. The Kier molecular flexibility index (Phi) is 7.58. The summed E-state index contributed by atoms with van der Waals surface area (Å²) in [6.45, 7) is 1.53. The highest BCUT2D eigenvalue weighted by Crippen LogP contribution is 2.29. The van der Waals surface area contributed by atoms with E-state index in [0.717, 1.165) is 0 Å². The zero-order valence-corrected chi connectivity index (χ0v) is 16.5. The van der Waals surface area contributed by atoms with Crippen LogP contribution in [0.1, 0.15) is 22.4 Å². The third kappa shape index (κ3) is 5.57.